The van der Waals surface area contributed by atoms with Crippen LogP contribution in [0.5, 0.6) is 0 Å². The van der Waals surface area contributed by atoms with E-state index in [0.29, 0.717) is 0 Å². The Bertz CT molecular complexity index is 224. The van der Waals surface area contributed by atoms with Crippen LogP contribution in [0.3, 0.4) is 0 Å². The van der Waals surface area contributed by atoms with Crippen molar-refractivity contribution in [1.29, 1.82) is 0 Å². The van der Waals surface area contributed by atoms with Crippen LogP contribution in [-0.4, -0.2) is 12.6 Å². The van der Waals surface area contributed by atoms with Gasteiger partial charge in [-0.1, -0.05) is 52.4 Å². The zero-order chi connectivity index (χ0) is 13.5. The summed E-state index contributed by atoms with van der Waals surface area (Å²) in [7, 11) is 0. The molecule has 0 aromatic carbocycles. The lowest BCUT2D eigenvalue weighted by atomic mass is 9.72. The monoisotopic (exact) mass is 265 g/mol. The van der Waals surface area contributed by atoms with Gasteiger partial charge in [0, 0.05) is 6.04 Å². The van der Waals surface area contributed by atoms with E-state index in [2.05, 4.69) is 19.2 Å². The molecule has 0 bridgehead atoms. The molecule has 1 nitrogen and oxygen atoms in total. The Labute approximate surface area is 120 Å². The molecule has 112 valence electrons. The zero-order valence-corrected chi connectivity index (χ0v) is 13.3. The third-order valence-electron chi connectivity index (χ3n) is 5.86. The third kappa shape index (κ3) is 5.10. The first-order valence-electron chi connectivity index (χ1n) is 9.03. The van der Waals surface area contributed by atoms with E-state index in [1.54, 1.807) is 0 Å². The van der Waals surface area contributed by atoms with E-state index in [4.69, 9.17) is 0 Å². The molecule has 19 heavy (non-hydrogen) atoms. The second kappa shape index (κ2) is 8.29. The fraction of sp³-hybridized carbons (Fsp3) is 1.00. The quantitative estimate of drug-likeness (QED) is 0.700. The van der Waals surface area contributed by atoms with E-state index < -0.39 is 0 Å². The van der Waals surface area contributed by atoms with Gasteiger partial charge in [0.15, 0.2) is 0 Å². The van der Waals surface area contributed by atoms with Crippen LogP contribution in [0.25, 0.3) is 0 Å². The molecule has 1 heteroatoms. The van der Waals surface area contributed by atoms with Gasteiger partial charge < -0.3 is 5.32 Å². The Morgan fingerprint density at radius 1 is 0.895 bits per heavy atom. The molecular formula is C18H35N. The van der Waals surface area contributed by atoms with Crippen molar-refractivity contribution in [2.24, 2.45) is 17.8 Å². The highest BCUT2D eigenvalue weighted by molar-refractivity contribution is 4.82. The summed E-state index contributed by atoms with van der Waals surface area (Å²) in [5.41, 5.74) is 0. The van der Waals surface area contributed by atoms with Crippen LogP contribution in [-0.2, 0) is 0 Å². The molecule has 2 aliphatic rings. The maximum absolute atomic E-state index is 3.81. The van der Waals surface area contributed by atoms with Crippen LogP contribution >= 0.6 is 0 Å². The zero-order valence-electron chi connectivity index (χ0n) is 13.3. The molecule has 0 spiro atoms. The maximum Gasteiger partial charge on any atom is 0.00672 e. The molecule has 0 amide bonds. The molecule has 1 atom stereocenters. The number of rotatable bonds is 6. The minimum atomic E-state index is 0.837. The van der Waals surface area contributed by atoms with Gasteiger partial charge in [-0.25, -0.2) is 0 Å². The number of hydrogen-bond donors (Lipinski definition) is 1. The van der Waals surface area contributed by atoms with Crippen LogP contribution in [0.1, 0.15) is 84.5 Å². The Morgan fingerprint density at radius 3 is 2.16 bits per heavy atom. The van der Waals surface area contributed by atoms with Crippen LogP contribution in [0.2, 0.25) is 0 Å². The molecular weight excluding hydrogens is 230 g/mol. The average molecular weight is 265 g/mol. The smallest absolute Gasteiger partial charge is 0.00672 e. The first kappa shape index (κ1) is 15.4. The molecule has 0 aliphatic heterocycles. The Kier molecular flexibility index (Phi) is 6.70. The van der Waals surface area contributed by atoms with Crippen molar-refractivity contribution in [3.8, 4) is 0 Å². The van der Waals surface area contributed by atoms with Gasteiger partial charge in [0.25, 0.3) is 0 Å². The molecule has 2 saturated carbocycles. The van der Waals surface area contributed by atoms with E-state index in [-0.39, 0.29) is 0 Å². The summed E-state index contributed by atoms with van der Waals surface area (Å²) in [6.45, 7) is 5.93. The molecule has 2 rings (SSSR count). The highest BCUT2D eigenvalue weighted by atomic mass is 14.9. The van der Waals surface area contributed by atoms with Crippen LogP contribution < -0.4 is 5.32 Å². The Balaban J connectivity index is 1.59. The minimum Gasteiger partial charge on any atom is -0.314 e. The maximum atomic E-state index is 3.81. The normalized spacial score (nSPS) is 31.3. The highest BCUT2D eigenvalue weighted by Gasteiger charge is 2.28. The summed E-state index contributed by atoms with van der Waals surface area (Å²) in [6.07, 6.45) is 16.2. The summed E-state index contributed by atoms with van der Waals surface area (Å²) >= 11 is 0. The van der Waals surface area contributed by atoms with Gasteiger partial charge >= 0.3 is 0 Å². The van der Waals surface area contributed by atoms with E-state index >= 15 is 0 Å². The molecule has 1 unspecified atom stereocenters. The molecule has 1 N–H and O–H groups in total. The number of nitrogens with one attached hydrogen (secondary N) is 1. The van der Waals surface area contributed by atoms with Gasteiger partial charge in [0.1, 0.15) is 0 Å². The van der Waals surface area contributed by atoms with Crippen molar-refractivity contribution >= 4 is 0 Å². The second-order valence-corrected chi connectivity index (χ2v) is 7.27. The average Bonchev–Trinajstić information content (AvgIpc) is 2.48. The summed E-state index contributed by atoms with van der Waals surface area (Å²) in [5.74, 6) is 3.06. The lowest BCUT2D eigenvalue weighted by Crippen LogP contribution is -2.36. The van der Waals surface area contributed by atoms with Crippen LogP contribution in [0, 0.1) is 17.8 Å². The minimum absolute atomic E-state index is 0.837. The topological polar surface area (TPSA) is 12.0 Å². The highest BCUT2D eigenvalue weighted by Crippen LogP contribution is 2.38. The Morgan fingerprint density at radius 2 is 1.53 bits per heavy atom. The van der Waals surface area contributed by atoms with Gasteiger partial charge in [0.2, 0.25) is 0 Å². The fourth-order valence-electron chi connectivity index (χ4n) is 4.14. The van der Waals surface area contributed by atoms with Crippen molar-refractivity contribution in [2.45, 2.75) is 90.5 Å². The number of hydrogen-bond acceptors (Lipinski definition) is 1. The van der Waals surface area contributed by atoms with Gasteiger partial charge in [-0.3, -0.25) is 0 Å². The van der Waals surface area contributed by atoms with Crippen molar-refractivity contribution in [3.05, 3.63) is 0 Å². The van der Waals surface area contributed by atoms with Crippen molar-refractivity contribution in [1.82, 2.24) is 5.32 Å². The standard InChI is InChI=1S/C18H35N/c1-3-15(2)13-14-19-18-11-9-17(10-12-18)16-7-5-4-6-8-16/h15-19H,3-14H2,1-2H3. The van der Waals surface area contributed by atoms with E-state index in [1.165, 1.54) is 77.2 Å². The van der Waals surface area contributed by atoms with E-state index in [0.717, 1.165) is 23.8 Å². The fourth-order valence-corrected chi connectivity index (χ4v) is 4.14. The molecule has 2 fully saturated rings. The largest absolute Gasteiger partial charge is 0.314 e. The van der Waals surface area contributed by atoms with Crippen LogP contribution in [0.4, 0.5) is 0 Å². The van der Waals surface area contributed by atoms with Crippen molar-refractivity contribution < 1.29 is 0 Å². The van der Waals surface area contributed by atoms with Crippen molar-refractivity contribution in [3.63, 3.8) is 0 Å². The predicted octanol–water partition coefficient (Wildman–Crippen LogP) is 5.15. The first-order chi connectivity index (χ1) is 9.29. The van der Waals surface area contributed by atoms with Gasteiger partial charge in [0.05, 0.1) is 0 Å². The molecule has 0 aromatic rings. The molecule has 0 aromatic heterocycles. The second-order valence-electron chi connectivity index (χ2n) is 7.27. The van der Waals surface area contributed by atoms with Crippen molar-refractivity contribution in [2.75, 3.05) is 6.54 Å². The summed E-state index contributed by atoms with van der Waals surface area (Å²) in [6, 6.07) is 0.837. The summed E-state index contributed by atoms with van der Waals surface area (Å²) in [4.78, 5) is 0. The third-order valence-corrected chi connectivity index (χ3v) is 5.86. The lowest BCUT2D eigenvalue weighted by molar-refractivity contribution is 0.176. The summed E-state index contributed by atoms with van der Waals surface area (Å²) < 4.78 is 0. The molecule has 0 heterocycles. The van der Waals surface area contributed by atoms with E-state index in [1.807, 2.05) is 0 Å². The summed E-state index contributed by atoms with van der Waals surface area (Å²) in [5, 5.41) is 3.81. The van der Waals surface area contributed by atoms with Gasteiger partial charge in [-0.05, 0) is 56.4 Å². The molecule has 0 radical (unpaired) electrons. The first-order valence-corrected chi connectivity index (χ1v) is 9.03. The van der Waals surface area contributed by atoms with Gasteiger partial charge in [-0.15, -0.1) is 0 Å². The lowest BCUT2D eigenvalue weighted by Gasteiger charge is -2.36. The molecule has 0 saturated heterocycles. The predicted molar refractivity (Wildman–Crippen MR) is 84.4 cm³/mol. The Hall–Kier alpha value is -0.0400. The van der Waals surface area contributed by atoms with E-state index in [9.17, 15) is 0 Å². The SMILES string of the molecule is CCC(C)CCNC1CCC(C2CCCCC2)CC1. The van der Waals surface area contributed by atoms with Crippen LogP contribution in [0.15, 0.2) is 0 Å². The van der Waals surface area contributed by atoms with Gasteiger partial charge in [-0.2, -0.15) is 0 Å². The molecule has 2 aliphatic carbocycles.